The molecule has 0 aromatic heterocycles. The normalized spacial score (nSPS) is 12.2. The van der Waals surface area contributed by atoms with Crippen molar-refractivity contribution in [2.75, 3.05) is 41.3 Å². The average molecular weight is 365 g/mol. The predicted octanol–water partition coefficient (Wildman–Crippen LogP) is 2.03. The Morgan fingerprint density at radius 3 is 2.40 bits per heavy atom. The van der Waals surface area contributed by atoms with E-state index in [1.54, 1.807) is 25.2 Å². The van der Waals surface area contributed by atoms with Gasteiger partial charge in [0.15, 0.2) is 0 Å². The lowest BCUT2D eigenvalue weighted by molar-refractivity contribution is 0.367. The van der Waals surface area contributed by atoms with Crippen molar-refractivity contribution in [1.29, 1.82) is 0 Å². The highest BCUT2D eigenvalue weighted by Crippen LogP contribution is 2.29. The van der Waals surface area contributed by atoms with Crippen LogP contribution in [-0.2, 0) is 10.0 Å². The van der Waals surface area contributed by atoms with Gasteiger partial charge in [0.25, 0.3) is 0 Å². The molecular weight excluding hydrogens is 344 g/mol. The van der Waals surface area contributed by atoms with Crippen LogP contribution in [0.25, 0.3) is 0 Å². The van der Waals surface area contributed by atoms with Crippen molar-refractivity contribution in [1.82, 2.24) is 9.21 Å². The largest absolute Gasteiger partial charge is 0.495 e. The molecule has 114 valence electrons. The third-order valence-corrected chi connectivity index (χ3v) is 5.26. The summed E-state index contributed by atoms with van der Waals surface area (Å²) in [6, 6.07) is 4.96. The summed E-state index contributed by atoms with van der Waals surface area (Å²) in [5.74, 6) is 0.354. The van der Waals surface area contributed by atoms with Crippen LogP contribution in [0, 0.1) is 0 Å². The van der Waals surface area contributed by atoms with E-state index in [0.717, 1.165) is 13.0 Å². The lowest BCUT2D eigenvalue weighted by atomic mass is 10.3. The van der Waals surface area contributed by atoms with E-state index < -0.39 is 10.0 Å². The zero-order valence-electron chi connectivity index (χ0n) is 12.3. The third-order valence-electron chi connectivity index (χ3n) is 2.89. The zero-order chi connectivity index (χ0) is 15.3. The maximum atomic E-state index is 12.6. The highest BCUT2D eigenvalue weighted by molar-refractivity contribution is 9.10. The first-order valence-corrected chi connectivity index (χ1v) is 8.47. The van der Waals surface area contributed by atoms with Crippen molar-refractivity contribution < 1.29 is 13.2 Å². The molecule has 0 N–H and O–H groups in total. The van der Waals surface area contributed by atoms with Crippen LogP contribution in [0.4, 0.5) is 0 Å². The fraction of sp³-hybridized carbons (Fsp3) is 0.538. The Balaban J connectivity index is 2.95. The second-order valence-electron chi connectivity index (χ2n) is 4.78. The molecule has 1 rings (SSSR count). The first-order chi connectivity index (χ1) is 9.28. The van der Waals surface area contributed by atoms with Gasteiger partial charge in [-0.1, -0.05) is 15.9 Å². The van der Waals surface area contributed by atoms with Crippen LogP contribution < -0.4 is 4.74 Å². The number of sulfonamides is 1. The Morgan fingerprint density at radius 2 is 1.85 bits per heavy atom. The lowest BCUT2D eigenvalue weighted by Crippen LogP contribution is -2.30. The summed E-state index contributed by atoms with van der Waals surface area (Å²) in [5.41, 5.74) is 0. The summed E-state index contributed by atoms with van der Waals surface area (Å²) in [6.45, 7) is 1.31. The second-order valence-corrected chi connectivity index (χ2v) is 7.71. The number of methoxy groups -OCH3 is 1. The first kappa shape index (κ1) is 17.4. The first-order valence-electron chi connectivity index (χ1n) is 6.23. The molecule has 0 aliphatic heterocycles. The number of rotatable bonds is 7. The number of ether oxygens (including phenoxy) is 1. The molecule has 0 saturated heterocycles. The van der Waals surface area contributed by atoms with Crippen molar-refractivity contribution in [3.8, 4) is 5.75 Å². The number of hydrogen-bond acceptors (Lipinski definition) is 4. The van der Waals surface area contributed by atoms with E-state index in [-0.39, 0.29) is 4.90 Å². The molecular formula is C13H21BrN2O3S. The lowest BCUT2D eigenvalue weighted by Gasteiger charge is -2.20. The van der Waals surface area contributed by atoms with E-state index in [9.17, 15) is 8.42 Å². The standard InChI is InChI=1S/C13H21BrN2O3S/c1-15(2)8-5-9-16(3)20(17,18)13-10-11(14)6-7-12(13)19-4/h6-7,10H,5,8-9H2,1-4H3. The van der Waals surface area contributed by atoms with E-state index in [2.05, 4.69) is 15.9 Å². The van der Waals surface area contributed by atoms with Crippen molar-refractivity contribution >= 4 is 26.0 Å². The van der Waals surface area contributed by atoms with Gasteiger partial charge >= 0.3 is 0 Å². The SMILES string of the molecule is COc1ccc(Br)cc1S(=O)(=O)N(C)CCCN(C)C. The molecule has 5 nitrogen and oxygen atoms in total. The van der Waals surface area contributed by atoms with E-state index in [4.69, 9.17) is 4.74 Å². The quantitative estimate of drug-likeness (QED) is 0.742. The van der Waals surface area contributed by atoms with E-state index >= 15 is 0 Å². The number of benzene rings is 1. The van der Waals surface area contributed by atoms with Crippen LogP contribution >= 0.6 is 15.9 Å². The molecule has 0 atom stereocenters. The Labute approximate surface area is 129 Å². The third kappa shape index (κ3) is 4.44. The second kappa shape index (κ2) is 7.40. The van der Waals surface area contributed by atoms with Crippen LogP contribution in [-0.4, -0.2) is 59.0 Å². The summed E-state index contributed by atoms with van der Waals surface area (Å²) in [6.07, 6.45) is 0.777. The van der Waals surface area contributed by atoms with Gasteiger partial charge in [-0.2, -0.15) is 0 Å². The Hall–Kier alpha value is -0.630. The minimum Gasteiger partial charge on any atom is -0.495 e. The summed E-state index contributed by atoms with van der Waals surface area (Å²) in [7, 11) is 3.44. The predicted molar refractivity (Wildman–Crippen MR) is 83.7 cm³/mol. The van der Waals surface area contributed by atoms with Crippen LogP contribution in [0.3, 0.4) is 0 Å². The highest BCUT2D eigenvalue weighted by atomic mass is 79.9. The number of halogens is 1. The maximum Gasteiger partial charge on any atom is 0.246 e. The summed E-state index contributed by atoms with van der Waals surface area (Å²) >= 11 is 3.29. The fourth-order valence-corrected chi connectivity index (χ4v) is 3.65. The van der Waals surface area contributed by atoms with Gasteiger partial charge in [-0.15, -0.1) is 0 Å². The topological polar surface area (TPSA) is 49.9 Å². The number of hydrogen-bond donors (Lipinski definition) is 0. The van der Waals surface area contributed by atoms with Crippen LogP contribution in [0.1, 0.15) is 6.42 Å². The zero-order valence-corrected chi connectivity index (χ0v) is 14.7. The molecule has 0 heterocycles. The smallest absolute Gasteiger partial charge is 0.246 e. The molecule has 0 radical (unpaired) electrons. The average Bonchev–Trinajstić information content (AvgIpc) is 2.38. The summed E-state index contributed by atoms with van der Waals surface area (Å²) in [4.78, 5) is 2.21. The Morgan fingerprint density at radius 1 is 1.20 bits per heavy atom. The van der Waals surface area contributed by atoms with Crippen LogP contribution in [0.5, 0.6) is 5.75 Å². The molecule has 0 bridgehead atoms. The fourth-order valence-electron chi connectivity index (χ4n) is 1.75. The highest BCUT2D eigenvalue weighted by Gasteiger charge is 2.24. The molecule has 20 heavy (non-hydrogen) atoms. The molecule has 7 heteroatoms. The summed E-state index contributed by atoms with van der Waals surface area (Å²) < 4.78 is 32.3. The Bertz CT molecular complexity index is 547. The molecule has 0 saturated carbocycles. The van der Waals surface area contributed by atoms with Gasteiger partial charge in [0.05, 0.1) is 7.11 Å². The molecule has 0 amide bonds. The van der Waals surface area contributed by atoms with Crippen molar-refractivity contribution in [2.24, 2.45) is 0 Å². The maximum absolute atomic E-state index is 12.6. The Kier molecular flexibility index (Phi) is 6.44. The van der Waals surface area contributed by atoms with Gasteiger partial charge in [-0.05, 0) is 45.3 Å². The molecule has 1 aromatic carbocycles. The molecule has 1 aromatic rings. The minimum atomic E-state index is -3.54. The van der Waals surface area contributed by atoms with E-state index in [0.29, 0.717) is 16.8 Å². The van der Waals surface area contributed by atoms with Gasteiger partial charge in [0, 0.05) is 18.1 Å². The molecule has 0 fully saturated rings. The van der Waals surface area contributed by atoms with Crippen molar-refractivity contribution in [3.63, 3.8) is 0 Å². The van der Waals surface area contributed by atoms with Crippen molar-refractivity contribution in [2.45, 2.75) is 11.3 Å². The molecule has 0 aliphatic carbocycles. The monoisotopic (exact) mass is 364 g/mol. The van der Waals surface area contributed by atoms with Gasteiger partial charge in [0.1, 0.15) is 10.6 Å². The van der Waals surface area contributed by atoms with Crippen LogP contribution in [0.2, 0.25) is 0 Å². The molecule has 0 unspecified atom stereocenters. The molecule has 0 spiro atoms. The van der Waals surface area contributed by atoms with Gasteiger partial charge in [0.2, 0.25) is 10.0 Å². The van der Waals surface area contributed by atoms with Crippen LogP contribution in [0.15, 0.2) is 27.6 Å². The van der Waals surface area contributed by atoms with E-state index in [1.807, 2.05) is 19.0 Å². The van der Waals surface area contributed by atoms with Gasteiger partial charge in [-0.3, -0.25) is 0 Å². The number of nitrogens with zero attached hydrogens (tertiary/aromatic N) is 2. The minimum absolute atomic E-state index is 0.182. The molecule has 0 aliphatic rings. The van der Waals surface area contributed by atoms with Crippen molar-refractivity contribution in [3.05, 3.63) is 22.7 Å². The van der Waals surface area contributed by atoms with E-state index in [1.165, 1.54) is 11.4 Å². The van der Waals surface area contributed by atoms with Gasteiger partial charge < -0.3 is 9.64 Å². The van der Waals surface area contributed by atoms with Gasteiger partial charge in [-0.25, -0.2) is 12.7 Å². The summed E-state index contributed by atoms with van der Waals surface area (Å²) in [5, 5.41) is 0.